The van der Waals surface area contributed by atoms with Crippen molar-refractivity contribution in [1.29, 1.82) is 0 Å². The fourth-order valence-electron chi connectivity index (χ4n) is 4.41. The second-order valence-electron chi connectivity index (χ2n) is 8.48. The van der Waals surface area contributed by atoms with Crippen LogP contribution < -0.4 is 15.8 Å². The maximum absolute atomic E-state index is 13.5. The molecule has 1 fully saturated rings. The molecule has 0 spiro atoms. The summed E-state index contributed by atoms with van der Waals surface area (Å²) in [6.07, 6.45) is -2.98. The van der Waals surface area contributed by atoms with E-state index in [0.717, 1.165) is 18.0 Å². The molecule has 2 aromatic heterocycles. The van der Waals surface area contributed by atoms with Crippen molar-refractivity contribution in [3.05, 3.63) is 69.2 Å². The molecule has 0 bridgehead atoms. The van der Waals surface area contributed by atoms with Gasteiger partial charge in [-0.3, -0.25) is 9.36 Å². The quantitative estimate of drug-likeness (QED) is 0.471. The van der Waals surface area contributed by atoms with Gasteiger partial charge in [-0.15, -0.1) is 0 Å². The Labute approximate surface area is 211 Å². The normalized spacial score (nSPS) is 18.0. The number of rotatable bonds is 7. The van der Waals surface area contributed by atoms with Gasteiger partial charge in [0.05, 0.1) is 28.4 Å². The van der Waals surface area contributed by atoms with Gasteiger partial charge in [0, 0.05) is 38.0 Å². The Hall–Kier alpha value is -3.11. The van der Waals surface area contributed by atoms with E-state index in [4.69, 9.17) is 16.3 Å². The van der Waals surface area contributed by atoms with E-state index in [9.17, 15) is 18.0 Å². The maximum atomic E-state index is 13.5. The first-order chi connectivity index (χ1) is 17.1. The third-order valence-electron chi connectivity index (χ3n) is 6.15. The van der Waals surface area contributed by atoms with Gasteiger partial charge in [-0.05, 0) is 51.1 Å². The van der Waals surface area contributed by atoms with Crippen LogP contribution in [0.1, 0.15) is 25.1 Å². The smallest absolute Gasteiger partial charge is 0.374 e. The van der Waals surface area contributed by atoms with Crippen molar-refractivity contribution in [2.24, 2.45) is 0 Å². The molecule has 0 aliphatic carbocycles. The molecule has 11 heteroatoms. The van der Waals surface area contributed by atoms with E-state index in [0.29, 0.717) is 31.1 Å². The number of ether oxygens (including phenoxy) is 1. The summed E-state index contributed by atoms with van der Waals surface area (Å²) in [5, 5.41) is 3.21. The van der Waals surface area contributed by atoms with Crippen LogP contribution in [0.5, 0.6) is 0 Å². The summed E-state index contributed by atoms with van der Waals surface area (Å²) in [6.45, 7) is 7.32. The predicted molar refractivity (Wildman–Crippen MR) is 134 cm³/mol. The molecule has 1 saturated heterocycles. The van der Waals surface area contributed by atoms with Gasteiger partial charge in [-0.25, -0.2) is 9.97 Å². The van der Waals surface area contributed by atoms with Crippen LogP contribution >= 0.6 is 11.6 Å². The molecule has 7 nitrogen and oxygen atoms in total. The first kappa shape index (κ1) is 26.0. The summed E-state index contributed by atoms with van der Waals surface area (Å²) in [5.41, 5.74) is -0.198. The number of aryl methyl sites for hydroxylation is 1. The molecule has 2 atom stereocenters. The van der Waals surface area contributed by atoms with Crippen molar-refractivity contribution < 1.29 is 17.9 Å². The Morgan fingerprint density at radius 2 is 1.97 bits per heavy atom. The fraction of sp³-hybridized carbons (Fsp3) is 0.400. The molecule has 1 N–H and O–H groups in total. The Balaban J connectivity index is 1.68. The third kappa shape index (κ3) is 5.19. The number of alkyl halides is 3. The van der Waals surface area contributed by atoms with Crippen LogP contribution in [0.4, 0.5) is 24.7 Å². The van der Waals surface area contributed by atoms with Gasteiger partial charge in [0.2, 0.25) is 0 Å². The van der Waals surface area contributed by atoms with Crippen molar-refractivity contribution >= 4 is 23.1 Å². The van der Waals surface area contributed by atoms with Gasteiger partial charge in [0.25, 0.3) is 5.56 Å². The molecule has 3 aromatic rings. The van der Waals surface area contributed by atoms with Crippen molar-refractivity contribution in [1.82, 2.24) is 14.5 Å². The van der Waals surface area contributed by atoms with Gasteiger partial charge in [-0.2, -0.15) is 13.2 Å². The second-order valence-corrected chi connectivity index (χ2v) is 8.88. The number of pyridine rings is 1. The predicted octanol–water partition coefficient (Wildman–Crippen LogP) is 5.01. The lowest BCUT2D eigenvalue weighted by Gasteiger charge is -2.22. The highest BCUT2D eigenvalue weighted by Crippen LogP contribution is 2.35. The van der Waals surface area contributed by atoms with E-state index in [1.54, 1.807) is 20.0 Å². The summed E-state index contributed by atoms with van der Waals surface area (Å²) in [4.78, 5) is 24.6. The number of nitrogens with zero attached hydrogens (tertiary/aromatic N) is 4. The van der Waals surface area contributed by atoms with Gasteiger partial charge >= 0.3 is 6.18 Å². The number of aromatic nitrogens is 3. The molecule has 4 rings (SSSR count). The van der Waals surface area contributed by atoms with E-state index in [-0.39, 0.29) is 40.7 Å². The molecule has 0 amide bonds. The minimum absolute atomic E-state index is 0.128. The SMILES string of the molecule is CCO[C@H]1CN(c2ccccn2)CC1Nc1c(C)nc(-c2ccc(C(F)(F)F)cc2Cl)n(CC)c1=O. The largest absolute Gasteiger partial charge is 0.416 e. The average Bonchev–Trinajstić information content (AvgIpc) is 3.24. The minimum Gasteiger partial charge on any atom is -0.374 e. The molecule has 36 heavy (non-hydrogen) atoms. The van der Waals surface area contributed by atoms with Crippen LogP contribution in [0.15, 0.2) is 47.4 Å². The van der Waals surface area contributed by atoms with Crippen LogP contribution in [0.3, 0.4) is 0 Å². The molecule has 1 aromatic carbocycles. The van der Waals surface area contributed by atoms with Crippen LogP contribution in [0, 0.1) is 6.92 Å². The monoisotopic (exact) mass is 521 g/mol. The lowest BCUT2D eigenvalue weighted by Crippen LogP contribution is -2.38. The summed E-state index contributed by atoms with van der Waals surface area (Å²) >= 11 is 6.21. The van der Waals surface area contributed by atoms with Gasteiger partial charge in [-0.1, -0.05) is 17.7 Å². The lowest BCUT2D eigenvalue weighted by molar-refractivity contribution is -0.137. The molecule has 0 saturated carbocycles. The average molecular weight is 522 g/mol. The zero-order valence-electron chi connectivity index (χ0n) is 20.1. The van der Waals surface area contributed by atoms with Crippen LogP contribution in [0.2, 0.25) is 5.02 Å². The van der Waals surface area contributed by atoms with Crippen LogP contribution in [-0.2, 0) is 17.5 Å². The summed E-state index contributed by atoms with van der Waals surface area (Å²) in [7, 11) is 0. The van der Waals surface area contributed by atoms with Crippen molar-refractivity contribution in [2.75, 3.05) is 29.9 Å². The molecule has 192 valence electrons. The van der Waals surface area contributed by atoms with Gasteiger partial charge in [0.1, 0.15) is 17.3 Å². The number of benzene rings is 1. The van der Waals surface area contributed by atoms with Crippen LogP contribution in [-0.4, -0.2) is 46.4 Å². The van der Waals surface area contributed by atoms with E-state index in [1.807, 2.05) is 25.1 Å². The number of halogens is 4. The van der Waals surface area contributed by atoms with E-state index >= 15 is 0 Å². The minimum atomic E-state index is -4.52. The standard InChI is InChI=1S/C25H27ClF3N5O2/c1-4-34-23(17-10-9-16(12-18(17)26)25(27,28)29)31-15(3)22(24(34)35)32-19-13-33(14-20(19)36-5-2)21-8-6-7-11-30-21/h6-12,19-20,32H,4-5,13-14H2,1-3H3/t19?,20-/m0/s1. The summed E-state index contributed by atoms with van der Waals surface area (Å²) in [5.74, 6) is 1.03. The molecule has 1 unspecified atom stereocenters. The molecule has 1 aliphatic rings. The summed E-state index contributed by atoms with van der Waals surface area (Å²) < 4.78 is 46.6. The molecule has 3 heterocycles. The molecular weight excluding hydrogens is 495 g/mol. The topological polar surface area (TPSA) is 72.3 Å². The van der Waals surface area contributed by atoms with E-state index in [1.165, 1.54) is 10.6 Å². The van der Waals surface area contributed by atoms with Crippen LogP contribution in [0.25, 0.3) is 11.4 Å². The van der Waals surface area contributed by atoms with Crippen molar-refractivity contribution in [2.45, 2.75) is 45.6 Å². The van der Waals surface area contributed by atoms with E-state index in [2.05, 4.69) is 20.2 Å². The number of nitrogens with one attached hydrogen (secondary N) is 1. The Morgan fingerprint density at radius 1 is 1.19 bits per heavy atom. The van der Waals surface area contributed by atoms with Crippen molar-refractivity contribution in [3.63, 3.8) is 0 Å². The number of hydrogen-bond acceptors (Lipinski definition) is 6. The first-order valence-electron chi connectivity index (χ1n) is 11.7. The Morgan fingerprint density at radius 3 is 2.58 bits per heavy atom. The maximum Gasteiger partial charge on any atom is 0.416 e. The number of anilines is 2. The third-order valence-corrected chi connectivity index (χ3v) is 6.47. The fourth-order valence-corrected chi connectivity index (χ4v) is 4.67. The van der Waals surface area contributed by atoms with Crippen molar-refractivity contribution in [3.8, 4) is 11.4 Å². The van der Waals surface area contributed by atoms with Gasteiger partial charge < -0.3 is 15.0 Å². The zero-order valence-corrected chi connectivity index (χ0v) is 20.9. The Bertz CT molecular complexity index is 1280. The highest BCUT2D eigenvalue weighted by Gasteiger charge is 2.35. The van der Waals surface area contributed by atoms with E-state index < -0.39 is 11.7 Å². The molecule has 1 aliphatic heterocycles. The highest BCUT2D eigenvalue weighted by atomic mass is 35.5. The Kier molecular flexibility index (Phi) is 7.56. The second kappa shape index (κ2) is 10.5. The van der Waals surface area contributed by atoms with Gasteiger partial charge in [0.15, 0.2) is 0 Å². The summed E-state index contributed by atoms with van der Waals surface area (Å²) in [6, 6.07) is 8.52. The first-order valence-corrected chi connectivity index (χ1v) is 12.0. The highest BCUT2D eigenvalue weighted by molar-refractivity contribution is 6.33. The lowest BCUT2D eigenvalue weighted by atomic mass is 10.1. The number of hydrogen-bond donors (Lipinski definition) is 1. The molecular formula is C25H27ClF3N5O2. The molecule has 0 radical (unpaired) electrons. The zero-order chi connectivity index (χ0) is 26.0.